The summed E-state index contributed by atoms with van der Waals surface area (Å²) in [5.41, 5.74) is 0.483. The Morgan fingerprint density at radius 2 is 2.35 bits per heavy atom. The Bertz CT molecular complexity index is 533. The molecule has 1 heterocycles. The van der Waals surface area contributed by atoms with Crippen LogP contribution in [0.4, 0.5) is 10.1 Å². The van der Waals surface area contributed by atoms with Crippen molar-refractivity contribution < 1.29 is 8.91 Å². The van der Waals surface area contributed by atoms with E-state index >= 15 is 0 Å². The first-order valence-corrected chi connectivity index (χ1v) is 4.99. The Balaban J connectivity index is 2.00. The number of nitriles is 1. The molecule has 86 valence electrons. The second-order valence-corrected chi connectivity index (χ2v) is 3.30. The summed E-state index contributed by atoms with van der Waals surface area (Å²) in [4.78, 5) is 3.85. The summed E-state index contributed by atoms with van der Waals surface area (Å²) in [5.74, 6) is 0.0319. The molecular weight excluding hydrogens is 223 g/mol. The van der Waals surface area contributed by atoms with E-state index in [9.17, 15) is 4.39 Å². The number of anilines is 1. The van der Waals surface area contributed by atoms with Crippen molar-refractivity contribution >= 4 is 5.69 Å². The fourth-order valence-corrected chi connectivity index (χ4v) is 1.40. The van der Waals surface area contributed by atoms with Crippen molar-refractivity contribution in [1.82, 2.24) is 10.1 Å². The molecule has 6 heteroatoms. The smallest absolute Gasteiger partial charge is 0.213 e. The summed E-state index contributed by atoms with van der Waals surface area (Å²) in [7, 11) is 0. The molecule has 1 aromatic carbocycles. The second-order valence-electron chi connectivity index (χ2n) is 3.30. The fraction of sp³-hybridized carbons (Fsp3) is 0.182. The predicted molar refractivity (Wildman–Crippen MR) is 57.6 cm³/mol. The van der Waals surface area contributed by atoms with Crippen LogP contribution in [0.15, 0.2) is 29.1 Å². The first kappa shape index (κ1) is 11.1. The molecule has 0 bridgehead atoms. The SMILES string of the molecule is N#Cc1c(F)cccc1NCCc1ncon1. The third-order valence-electron chi connectivity index (χ3n) is 2.20. The lowest BCUT2D eigenvalue weighted by Crippen LogP contribution is -2.07. The number of halogens is 1. The zero-order valence-corrected chi connectivity index (χ0v) is 8.85. The minimum absolute atomic E-state index is 0.0145. The molecule has 0 radical (unpaired) electrons. The molecule has 0 amide bonds. The van der Waals surface area contributed by atoms with E-state index in [1.54, 1.807) is 12.1 Å². The van der Waals surface area contributed by atoms with Crippen LogP contribution in [0.2, 0.25) is 0 Å². The molecule has 0 spiro atoms. The third-order valence-corrected chi connectivity index (χ3v) is 2.20. The summed E-state index contributed by atoms with van der Waals surface area (Å²) in [5, 5.41) is 15.4. The first-order chi connectivity index (χ1) is 8.31. The molecule has 1 N–H and O–H groups in total. The molecule has 0 aliphatic rings. The maximum Gasteiger partial charge on any atom is 0.213 e. The van der Waals surface area contributed by atoms with Crippen molar-refractivity contribution in [3.8, 4) is 6.07 Å². The van der Waals surface area contributed by atoms with Crippen molar-refractivity contribution in [2.75, 3.05) is 11.9 Å². The van der Waals surface area contributed by atoms with Crippen LogP contribution in [0.25, 0.3) is 0 Å². The van der Waals surface area contributed by atoms with Gasteiger partial charge in [0.15, 0.2) is 5.82 Å². The van der Waals surface area contributed by atoms with Crippen LogP contribution in [0.5, 0.6) is 0 Å². The zero-order chi connectivity index (χ0) is 12.1. The summed E-state index contributed by atoms with van der Waals surface area (Å²) in [6, 6.07) is 6.27. The van der Waals surface area contributed by atoms with Gasteiger partial charge in [-0.1, -0.05) is 11.2 Å². The van der Waals surface area contributed by atoms with Gasteiger partial charge in [-0.05, 0) is 12.1 Å². The van der Waals surface area contributed by atoms with Gasteiger partial charge >= 0.3 is 0 Å². The predicted octanol–water partition coefficient (Wildman–Crippen LogP) is 1.73. The number of nitrogens with one attached hydrogen (secondary N) is 1. The third kappa shape index (κ3) is 2.58. The second kappa shape index (κ2) is 5.07. The van der Waals surface area contributed by atoms with Gasteiger partial charge < -0.3 is 9.84 Å². The van der Waals surface area contributed by atoms with Crippen molar-refractivity contribution in [2.45, 2.75) is 6.42 Å². The number of benzene rings is 1. The highest BCUT2D eigenvalue weighted by Crippen LogP contribution is 2.17. The average molecular weight is 232 g/mol. The van der Waals surface area contributed by atoms with Crippen LogP contribution in [0, 0.1) is 17.1 Å². The monoisotopic (exact) mass is 232 g/mol. The Morgan fingerprint density at radius 1 is 1.47 bits per heavy atom. The number of hydrogen-bond acceptors (Lipinski definition) is 5. The normalized spacial score (nSPS) is 9.88. The molecule has 0 saturated heterocycles. The molecule has 2 aromatic rings. The maximum atomic E-state index is 13.2. The molecule has 0 aliphatic carbocycles. The zero-order valence-electron chi connectivity index (χ0n) is 8.85. The highest BCUT2D eigenvalue weighted by Gasteiger charge is 2.07. The molecule has 17 heavy (non-hydrogen) atoms. The lowest BCUT2D eigenvalue weighted by atomic mass is 10.2. The number of rotatable bonds is 4. The van der Waals surface area contributed by atoms with Gasteiger partial charge in [0, 0.05) is 13.0 Å². The highest BCUT2D eigenvalue weighted by molar-refractivity contribution is 5.57. The van der Waals surface area contributed by atoms with Crippen LogP contribution in [0.1, 0.15) is 11.4 Å². The first-order valence-electron chi connectivity index (χ1n) is 4.99. The fourth-order valence-electron chi connectivity index (χ4n) is 1.40. The molecular formula is C11H9FN4O. The van der Waals surface area contributed by atoms with E-state index in [2.05, 4.69) is 20.0 Å². The molecule has 1 aromatic heterocycles. The summed E-state index contributed by atoms with van der Waals surface area (Å²) < 4.78 is 17.8. The molecule has 0 aliphatic heterocycles. The van der Waals surface area contributed by atoms with Gasteiger partial charge in [-0.25, -0.2) is 4.39 Å². The quantitative estimate of drug-likeness (QED) is 0.868. The Kier molecular flexibility index (Phi) is 3.31. The Hall–Kier alpha value is -2.42. The van der Waals surface area contributed by atoms with Crippen molar-refractivity contribution in [3.05, 3.63) is 41.8 Å². The Morgan fingerprint density at radius 3 is 3.06 bits per heavy atom. The number of aromatic nitrogens is 2. The van der Waals surface area contributed by atoms with E-state index in [-0.39, 0.29) is 5.56 Å². The number of hydrogen-bond donors (Lipinski definition) is 1. The lowest BCUT2D eigenvalue weighted by Gasteiger charge is -2.06. The molecule has 0 atom stereocenters. The van der Waals surface area contributed by atoms with E-state index in [1.165, 1.54) is 12.5 Å². The standard InChI is InChI=1S/C11H9FN4O/c12-9-2-1-3-10(8(9)6-13)14-5-4-11-15-7-17-16-11/h1-3,7,14H,4-5H2. The molecule has 5 nitrogen and oxygen atoms in total. The minimum atomic E-state index is -0.530. The van der Waals surface area contributed by atoms with Crippen molar-refractivity contribution in [2.24, 2.45) is 0 Å². The van der Waals surface area contributed by atoms with Gasteiger partial charge in [0.1, 0.15) is 17.4 Å². The van der Waals surface area contributed by atoms with Crippen LogP contribution in [-0.2, 0) is 6.42 Å². The summed E-state index contributed by atoms with van der Waals surface area (Å²) in [6.45, 7) is 0.498. The van der Waals surface area contributed by atoms with E-state index in [0.29, 0.717) is 24.5 Å². The Labute approximate surface area is 96.9 Å². The highest BCUT2D eigenvalue weighted by atomic mass is 19.1. The van der Waals surface area contributed by atoms with Gasteiger partial charge in [0.25, 0.3) is 0 Å². The van der Waals surface area contributed by atoms with Crippen LogP contribution < -0.4 is 5.32 Å². The van der Waals surface area contributed by atoms with Crippen LogP contribution in [-0.4, -0.2) is 16.7 Å². The summed E-state index contributed by atoms with van der Waals surface area (Å²) in [6.07, 6.45) is 1.79. The van der Waals surface area contributed by atoms with Crippen molar-refractivity contribution in [1.29, 1.82) is 5.26 Å². The topological polar surface area (TPSA) is 74.7 Å². The largest absolute Gasteiger partial charge is 0.383 e. The molecule has 0 unspecified atom stereocenters. The average Bonchev–Trinajstić information content (AvgIpc) is 2.82. The van der Waals surface area contributed by atoms with Crippen LogP contribution >= 0.6 is 0 Å². The number of nitrogens with zero attached hydrogens (tertiary/aromatic N) is 3. The molecule has 2 rings (SSSR count). The van der Waals surface area contributed by atoms with Gasteiger partial charge in [-0.2, -0.15) is 10.2 Å². The van der Waals surface area contributed by atoms with Crippen LogP contribution in [0.3, 0.4) is 0 Å². The maximum absolute atomic E-state index is 13.2. The van der Waals surface area contributed by atoms with E-state index in [1.807, 2.05) is 6.07 Å². The molecule has 0 fully saturated rings. The van der Waals surface area contributed by atoms with Gasteiger partial charge in [0.05, 0.1) is 5.69 Å². The molecule has 0 saturated carbocycles. The van der Waals surface area contributed by atoms with E-state index in [0.717, 1.165) is 0 Å². The van der Waals surface area contributed by atoms with Gasteiger partial charge in [-0.3, -0.25) is 0 Å². The summed E-state index contributed by atoms with van der Waals surface area (Å²) >= 11 is 0. The lowest BCUT2D eigenvalue weighted by molar-refractivity contribution is 0.410. The van der Waals surface area contributed by atoms with Crippen molar-refractivity contribution in [3.63, 3.8) is 0 Å². The van der Waals surface area contributed by atoms with Gasteiger partial charge in [-0.15, -0.1) is 0 Å². The van der Waals surface area contributed by atoms with E-state index in [4.69, 9.17) is 5.26 Å². The minimum Gasteiger partial charge on any atom is -0.383 e. The van der Waals surface area contributed by atoms with E-state index < -0.39 is 5.82 Å². The van der Waals surface area contributed by atoms with Gasteiger partial charge in [0.2, 0.25) is 6.39 Å².